The Kier molecular flexibility index (Phi) is 3.60. The summed E-state index contributed by atoms with van der Waals surface area (Å²) in [5.74, 6) is 0.233. The summed E-state index contributed by atoms with van der Waals surface area (Å²) >= 11 is 8.39. The van der Waals surface area contributed by atoms with Gasteiger partial charge in [0.15, 0.2) is 6.23 Å². The molecule has 1 aliphatic heterocycles. The van der Waals surface area contributed by atoms with Crippen LogP contribution in [-0.4, -0.2) is 31.8 Å². The molecule has 112 valence electrons. The van der Waals surface area contributed by atoms with Crippen molar-refractivity contribution in [1.82, 2.24) is 14.5 Å². The molecule has 5 nitrogen and oxygen atoms in total. The molecule has 0 amide bonds. The van der Waals surface area contributed by atoms with Crippen LogP contribution in [0.1, 0.15) is 31.9 Å². The Morgan fingerprint density at radius 1 is 1.33 bits per heavy atom. The van der Waals surface area contributed by atoms with E-state index in [9.17, 15) is 5.11 Å². The molecule has 7 heteroatoms. The minimum atomic E-state index is -0.490. The molecule has 1 saturated carbocycles. The Labute approximate surface area is 140 Å². The van der Waals surface area contributed by atoms with Crippen molar-refractivity contribution in [3.8, 4) is 0 Å². The molecule has 2 aliphatic rings. The molecule has 1 saturated heterocycles. The summed E-state index contributed by atoms with van der Waals surface area (Å²) in [5, 5.41) is 11.9. The van der Waals surface area contributed by atoms with Crippen molar-refractivity contribution < 1.29 is 9.84 Å². The molecule has 2 aromatic heterocycles. The van der Waals surface area contributed by atoms with Gasteiger partial charge in [-0.05, 0) is 35.4 Å². The van der Waals surface area contributed by atoms with Crippen molar-refractivity contribution in [2.75, 3.05) is 0 Å². The number of fused-ring (bicyclic) bond motifs is 2. The fraction of sp³-hybridized carbons (Fsp3) is 0.571. The number of halogens is 2. The maximum absolute atomic E-state index is 10.7. The van der Waals surface area contributed by atoms with Crippen LogP contribution in [0.4, 0.5) is 0 Å². The first kappa shape index (κ1) is 14.2. The number of aliphatic hydroxyl groups excluding tert-OH is 1. The van der Waals surface area contributed by atoms with Crippen LogP contribution in [-0.2, 0) is 4.74 Å². The van der Waals surface area contributed by atoms with Gasteiger partial charge in [0.1, 0.15) is 23.2 Å². The van der Waals surface area contributed by atoms with E-state index in [1.807, 2.05) is 10.8 Å². The predicted octanol–water partition coefficient (Wildman–Crippen LogP) is 3.14. The highest BCUT2D eigenvalue weighted by molar-refractivity contribution is 14.1. The second-order valence-electron chi connectivity index (χ2n) is 5.75. The quantitative estimate of drug-likeness (QED) is 0.570. The fourth-order valence-electron chi connectivity index (χ4n) is 3.58. The summed E-state index contributed by atoms with van der Waals surface area (Å²) in [7, 11) is 0. The van der Waals surface area contributed by atoms with Crippen molar-refractivity contribution >= 4 is 45.2 Å². The summed E-state index contributed by atoms with van der Waals surface area (Å²) in [4.78, 5) is 8.36. The lowest BCUT2D eigenvalue weighted by Gasteiger charge is -2.24. The highest BCUT2D eigenvalue weighted by Gasteiger charge is 2.45. The second kappa shape index (κ2) is 5.33. The standard InChI is InChI=1S/C14H15ClIN3O2/c15-12-10-8(16)5-19(13(10)18-6-17-12)14-11(20)7-3-1-2-4-9(7)21-14/h5-7,9,11,14,20H,1-4H2/t7-,9?,11-,14?/m1/s1. The van der Waals surface area contributed by atoms with Gasteiger partial charge in [-0.25, -0.2) is 9.97 Å². The molecule has 21 heavy (non-hydrogen) atoms. The maximum Gasteiger partial charge on any atom is 0.161 e. The molecule has 1 aliphatic carbocycles. The molecule has 1 N–H and O–H groups in total. The van der Waals surface area contributed by atoms with Gasteiger partial charge in [0.05, 0.1) is 11.5 Å². The van der Waals surface area contributed by atoms with Gasteiger partial charge in [-0.3, -0.25) is 0 Å². The van der Waals surface area contributed by atoms with Crippen LogP contribution in [0, 0.1) is 9.49 Å². The van der Waals surface area contributed by atoms with Gasteiger partial charge < -0.3 is 14.4 Å². The third-order valence-corrected chi connectivity index (χ3v) is 5.69. The molecule has 2 fully saturated rings. The SMILES string of the molecule is O[C@H]1C(n2cc(I)c3c(Cl)ncnc32)OC2CCCC[C@H]21. The lowest BCUT2D eigenvalue weighted by molar-refractivity contribution is -0.0375. The number of rotatable bonds is 1. The average Bonchev–Trinajstić information content (AvgIpc) is 2.99. The molecule has 4 rings (SSSR count). The van der Waals surface area contributed by atoms with E-state index in [4.69, 9.17) is 16.3 Å². The number of aromatic nitrogens is 3. The van der Waals surface area contributed by atoms with E-state index in [-0.39, 0.29) is 18.2 Å². The highest BCUT2D eigenvalue weighted by atomic mass is 127. The van der Waals surface area contributed by atoms with Gasteiger partial charge in [0.25, 0.3) is 0 Å². The molecule has 0 radical (unpaired) electrons. The van der Waals surface area contributed by atoms with E-state index in [1.54, 1.807) is 0 Å². The second-order valence-corrected chi connectivity index (χ2v) is 7.27. The minimum Gasteiger partial charge on any atom is -0.388 e. The van der Waals surface area contributed by atoms with Crippen LogP contribution < -0.4 is 0 Å². The van der Waals surface area contributed by atoms with E-state index in [1.165, 1.54) is 19.2 Å². The zero-order valence-electron chi connectivity index (χ0n) is 11.2. The summed E-state index contributed by atoms with van der Waals surface area (Å²) in [6.45, 7) is 0. The highest BCUT2D eigenvalue weighted by Crippen LogP contribution is 2.43. The number of aliphatic hydroxyl groups is 1. The van der Waals surface area contributed by atoms with Gasteiger partial charge in [0.2, 0.25) is 0 Å². The number of hydrogen-bond donors (Lipinski definition) is 1. The van der Waals surface area contributed by atoms with Gasteiger partial charge in [-0.15, -0.1) is 0 Å². The van der Waals surface area contributed by atoms with Crippen LogP contribution in [0.3, 0.4) is 0 Å². The van der Waals surface area contributed by atoms with Crippen molar-refractivity contribution in [1.29, 1.82) is 0 Å². The fourth-order valence-corrected chi connectivity index (χ4v) is 4.77. The largest absolute Gasteiger partial charge is 0.388 e. The van der Waals surface area contributed by atoms with Gasteiger partial charge in [-0.1, -0.05) is 24.4 Å². The van der Waals surface area contributed by atoms with Crippen LogP contribution in [0.25, 0.3) is 11.0 Å². The van der Waals surface area contributed by atoms with Crippen LogP contribution in [0.2, 0.25) is 5.15 Å². The average molecular weight is 420 g/mol. The summed E-state index contributed by atoms with van der Waals surface area (Å²) in [6.07, 6.45) is 7.10. The van der Waals surface area contributed by atoms with Crippen LogP contribution in [0.15, 0.2) is 12.5 Å². The number of hydrogen-bond acceptors (Lipinski definition) is 4. The number of nitrogens with zero attached hydrogens (tertiary/aromatic N) is 3. The topological polar surface area (TPSA) is 60.2 Å². The Morgan fingerprint density at radius 3 is 2.95 bits per heavy atom. The molecule has 0 aromatic carbocycles. The zero-order chi connectivity index (χ0) is 14.6. The normalized spacial score (nSPS) is 32.5. The Morgan fingerprint density at radius 2 is 2.14 bits per heavy atom. The van der Waals surface area contributed by atoms with E-state index in [0.29, 0.717) is 5.15 Å². The summed E-state index contributed by atoms with van der Waals surface area (Å²) in [5.41, 5.74) is 0.724. The first-order chi connectivity index (χ1) is 10.2. The third kappa shape index (κ3) is 2.18. The predicted molar refractivity (Wildman–Crippen MR) is 87.1 cm³/mol. The summed E-state index contributed by atoms with van der Waals surface area (Å²) in [6, 6.07) is 0. The maximum atomic E-state index is 10.7. The molecule has 2 aromatic rings. The van der Waals surface area contributed by atoms with Crippen molar-refractivity contribution in [3.05, 3.63) is 21.2 Å². The van der Waals surface area contributed by atoms with Crippen molar-refractivity contribution in [2.45, 2.75) is 44.1 Å². The molecule has 0 spiro atoms. The Balaban J connectivity index is 1.79. The van der Waals surface area contributed by atoms with Gasteiger partial charge in [0, 0.05) is 15.7 Å². The smallest absolute Gasteiger partial charge is 0.161 e. The van der Waals surface area contributed by atoms with E-state index in [2.05, 4.69) is 32.6 Å². The van der Waals surface area contributed by atoms with Crippen molar-refractivity contribution in [2.24, 2.45) is 5.92 Å². The van der Waals surface area contributed by atoms with Crippen molar-refractivity contribution in [3.63, 3.8) is 0 Å². The lowest BCUT2D eigenvalue weighted by Crippen LogP contribution is -2.28. The van der Waals surface area contributed by atoms with Crippen LogP contribution in [0.5, 0.6) is 0 Å². The lowest BCUT2D eigenvalue weighted by atomic mass is 9.84. The Bertz CT molecular complexity index is 692. The monoisotopic (exact) mass is 419 g/mol. The molecule has 4 atom stereocenters. The summed E-state index contributed by atoms with van der Waals surface area (Å²) < 4.78 is 9.01. The minimum absolute atomic E-state index is 0.158. The first-order valence-electron chi connectivity index (χ1n) is 7.17. The van der Waals surface area contributed by atoms with E-state index in [0.717, 1.165) is 27.4 Å². The molecule has 3 heterocycles. The third-order valence-electron chi connectivity index (χ3n) is 4.59. The molecule has 0 bridgehead atoms. The van der Waals surface area contributed by atoms with E-state index < -0.39 is 6.10 Å². The van der Waals surface area contributed by atoms with Gasteiger partial charge in [-0.2, -0.15) is 0 Å². The zero-order valence-corrected chi connectivity index (χ0v) is 14.2. The first-order valence-corrected chi connectivity index (χ1v) is 8.62. The van der Waals surface area contributed by atoms with Gasteiger partial charge >= 0.3 is 0 Å². The molecular weight excluding hydrogens is 405 g/mol. The van der Waals surface area contributed by atoms with Crippen LogP contribution >= 0.6 is 34.2 Å². The molecular formula is C14H15ClIN3O2. The Hall–Kier alpha value is -0.440. The molecule has 2 unspecified atom stereocenters. The van der Waals surface area contributed by atoms with E-state index >= 15 is 0 Å². The number of ether oxygens (including phenoxy) is 1.